The monoisotopic (exact) mass is 329 g/mol. The van der Waals surface area contributed by atoms with Crippen molar-refractivity contribution in [2.45, 2.75) is 40.3 Å². The minimum Gasteiger partial charge on any atom is -0.496 e. The van der Waals surface area contributed by atoms with Gasteiger partial charge in [0.25, 0.3) is 0 Å². The summed E-state index contributed by atoms with van der Waals surface area (Å²) in [6.45, 7) is 8.76. The lowest BCUT2D eigenvalue weighted by molar-refractivity contribution is 0.405. The second-order valence-electron chi connectivity index (χ2n) is 5.98. The van der Waals surface area contributed by atoms with Crippen molar-refractivity contribution in [1.29, 1.82) is 0 Å². The van der Waals surface area contributed by atoms with E-state index >= 15 is 0 Å². The number of nitrogens with zero attached hydrogens (tertiary/aromatic N) is 1. The molecule has 2 rings (SSSR count). The van der Waals surface area contributed by atoms with Crippen LogP contribution in [0.5, 0.6) is 5.75 Å². The molecule has 0 bridgehead atoms. The van der Waals surface area contributed by atoms with Crippen molar-refractivity contribution in [3.8, 4) is 5.75 Å². The number of rotatable bonds is 5. The number of benzene rings is 1. The van der Waals surface area contributed by atoms with E-state index in [0.717, 1.165) is 34.4 Å². The zero-order chi connectivity index (χ0) is 17.7. The first kappa shape index (κ1) is 17.9. The van der Waals surface area contributed by atoms with Crippen LogP contribution in [-0.2, 0) is 6.54 Å². The fourth-order valence-electron chi connectivity index (χ4n) is 2.71. The summed E-state index contributed by atoms with van der Waals surface area (Å²) in [6, 6.07) is 8.29. The van der Waals surface area contributed by atoms with Gasteiger partial charge in [0.05, 0.1) is 13.2 Å². The number of aryl methyl sites for hydroxylation is 3. The summed E-state index contributed by atoms with van der Waals surface area (Å²) in [6.07, 6.45) is 0. The molecular formula is C19H27N3O2. The molecule has 2 N–H and O–H groups in total. The third-order valence-corrected chi connectivity index (χ3v) is 4.02. The predicted octanol–water partition coefficient (Wildman–Crippen LogP) is 3.64. The second-order valence-corrected chi connectivity index (χ2v) is 5.98. The predicted molar refractivity (Wildman–Crippen MR) is 97.7 cm³/mol. The Morgan fingerprint density at radius 2 is 2.00 bits per heavy atom. The summed E-state index contributed by atoms with van der Waals surface area (Å²) in [4.78, 5) is 4.31. The highest BCUT2D eigenvalue weighted by atomic mass is 16.5. The number of hydrogen-bond donors (Lipinski definition) is 2. The zero-order valence-electron chi connectivity index (χ0n) is 15.4. The molecule has 24 heavy (non-hydrogen) atoms. The maximum absolute atomic E-state index is 5.56. The number of nitrogens with one attached hydrogen (secondary N) is 2. The van der Waals surface area contributed by atoms with Crippen molar-refractivity contribution in [3.05, 3.63) is 52.5 Å². The van der Waals surface area contributed by atoms with Gasteiger partial charge in [0.1, 0.15) is 17.3 Å². The molecule has 0 saturated heterocycles. The van der Waals surface area contributed by atoms with Crippen LogP contribution in [0.15, 0.2) is 33.7 Å². The van der Waals surface area contributed by atoms with Crippen molar-refractivity contribution in [2.24, 2.45) is 4.99 Å². The topological polar surface area (TPSA) is 58.8 Å². The highest BCUT2D eigenvalue weighted by Gasteiger charge is 2.14. The first-order valence-electron chi connectivity index (χ1n) is 8.12. The second kappa shape index (κ2) is 7.90. The number of furan rings is 1. The molecule has 0 saturated carbocycles. The largest absolute Gasteiger partial charge is 0.496 e. The fraction of sp³-hybridized carbons (Fsp3) is 0.421. The molecule has 0 radical (unpaired) electrons. The molecule has 0 aliphatic rings. The Balaban J connectivity index is 2.05. The van der Waals surface area contributed by atoms with Gasteiger partial charge in [-0.2, -0.15) is 0 Å². The van der Waals surface area contributed by atoms with E-state index in [1.54, 1.807) is 14.2 Å². The fourth-order valence-corrected chi connectivity index (χ4v) is 2.71. The minimum atomic E-state index is 0.0678. The average molecular weight is 329 g/mol. The van der Waals surface area contributed by atoms with E-state index in [1.807, 2.05) is 32.0 Å². The highest BCUT2D eigenvalue weighted by Crippen LogP contribution is 2.26. The first-order valence-corrected chi connectivity index (χ1v) is 8.12. The van der Waals surface area contributed by atoms with Gasteiger partial charge in [0.2, 0.25) is 0 Å². The number of guanidine groups is 1. The molecule has 1 aromatic heterocycles. The number of hydrogen-bond acceptors (Lipinski definition) is 3. The molecule has 1 unspecified atom stereocenters. The van der Waals surface area contributed by atoms with Gasteiger partial charge >= 0.3 is 0 Å². The molecule has 0 aliphatic heterocycles. The highest BCUT2D eigenvalue weighted by molar-refractivity contribution is 5.80. The summed E-state index contributed by atoms with van der Waals surface area (Å²) in [5.74, 6) is 3.47. The van der Waals surface area contributed by atoms with Crippen LogP contribution >= 0.6 is 0 Å². The van der Waals surface area contributed by atoms with Gasteiger partial charge in [0, 0.05) is 24.7 Å². The number of ether oxygens (including phenoxy) is 1. The Labute approximate surface area is 144 Å². The van der Waals surface area contributed by atoms with Crippen LogP contribution < -0.4 is 15.4 Å². The molecule has 2 aromatic rings. The molecule has 0 amide bonds. The maximum atomic E-state index is 5.56. The summed E-state index contributed by atoms with van der Waals surface area (Å²) in [5.41, 5.74) is 3.44. The van der Waals surface area contributed by atoms with Crippen LogP contribution in [0.3, 0.4) is 0 Å². The minimum absolute atomic E-state index is 0.0678. The van der Waals surface area contributed by atoms with Crippen LogP contribution in [0.25, 0.3) is 0 Å². The third kappa shape index (κ3) is 4.31. The Morgan fingerprint density at radius 3 is 2.58 bits per heavy atom. The van der Waals surface area contributed by atoms with Crippen LogP contribution in [0.1, 0.15) is 41.2 Å². The average Bonchev–Trinajstić information content (AvgIpc) is 2.88. The summed E-state index contributed by atoms with van der Waals surface area (Å²) in [7, 11) is 3.46. The van der Waals surface area contributed by atoms with Crippen LogP contribution in [-0.4, -0.2) is 20.1 Å². The van der Waals surface area contributed by atoms with Crippen molar-refractivity contribution < 1.29 is 9.15 Å². The van der Waals surface area contributed by atoms with E-state index in [0.29, 0.717) is 6.54 Å². The Hall–Kier alpha value is -2.43. The molecular weight excluding hydrogens is 302 g/mol. The van der Waals surface area contributed by atoms with E-state index < -0.39 is 0 Å². The zero-order valence-corrected chi connectivity index (χ0v) is 15.4. The molecule has 130 valence electrons. The van der Waals surface area contributed by atoms with Gasteiger partial charge in [-0.25, -0.2) is 0 Å². The van der Waals surface area contributed by atoms with Crippen molar-refractivity contribution in [1.82, 2.24) is 10.6 Å². The number of methoxy groups -OCH3 is 1. The standard InChI is InChI=1S/C19H27N3O2/c1-12-7-8-18(23-6)17(9-12)14(3)22-19(20-5)21-11-16-10-13(2)24-15(16)4/h7-10,14H,11H2,1-6H3,(H2,20,21,22). The van der Waals surface area contributed by atoms with Gasteiger partial charge in [0.15, 0.2) is 5.96 Å². The Bertz CT molecular complexity index is 719. The maximum Gasteiger partial charge on any atom is 0.191 e. The molecule has 0 spiro atoms. The molecule has 5 heteroatoms. The lowest BCUT2D eigenvalue weighted by Gasteiger charge is -2.20. The number of aliphatic imine (C=N–C) groups is 1. The lowest BCUT2D eigenvalue weighted by atomic mass is 10.0. The molecule has 0 aliphatic carbocycles. The Kier molecular flexibility index (Phi) is 5.90. The van der Waals surface area contributed by atoms with E-state index in [9.17, 15) is 0 Å². The smallest absolute Gasteiger partial charge is 0.191 e. The van der Waals surface area contributed by atoms with Gasteiger partial charge in [-0.05, 0) is 39.8 Å². The molecule has 5 nitrogen and oxygen atoms in total. The van der Waals surface area contributed by atoms with Gasteiger partial charge in [-0.3, -0.25) is 4.99 Å². The van der Waals surface area contributed by atoms with Crippen molar-refractivity contribution in [3.63, 3.8) is 0 Å². The van der Waals surface area contributed by atoms with E-state index in [1.165, 1.54) is 5.56 Å². The van der Waals surface area contributed by atoms with Crippen LogP contribution in [0, 0.1) is 20.8 Å². The third-order valence-electron chi connectivity index (χ3n) is 4.02. The lowest BCUT2D eigenvalue weighted by Crippen LogP contribution is -2.38. The quantitative estimate of drug-likeness (QED) is 0.649. The van der Waals surface area contributed by atoms with Gasteiger partial charge in [-0.15, -0.1) is 0 Å². The van der Waals surface area contributed by atoms with E-state index in [2.05, 4.69) is 35.5 Å². The molecule has 1 atom stereocenters. The SMILES string of the molecule is CN=C(NCc1cc(C)oc1C)NC(C)c1cc(C)ccc1OC. The summed E-state index contributed by atoms with van der Waals surface area (Å²) < 4.78 is 11.0. The van der Waals surface area contributed by atoms with Crippen molar-refractivity contribution in [2.75, 3.05) is 14.2 Å². The Morgan fingerprint density at radius 1 is 1.25 bits per heavy atom. The first-order chi connectivity index (χ1) is 11.4. The molecule has 1 heterocycles. The van der Waals surface area contributed by atoms with Crippen LogP contribution in [0.2, 0.25) is 0 Å². The van der Waals surface area contributed by atoms with E-state index in [-0.39, 0.29) is 6.04 Å². The van der Waals surface area contributed by atoms with Crippen molar-refractivity contribution >= 4 is 5.96 Å². The van der Waals surface area contributed by atoms with Gasteiger partial charge < -0.3 is 19.8 Å². The molecule has 1 aromatic carbocycles. The summed E-state index contributed by atoms with van der Waals surface area (Å²) >= 11 is 0. The summed E-state index contributed by atoms with van der Waals surface area (Å²) in [5, 5.41) is 6.74. The normalized spacial score (nSPS) is 12.8. The van der Waals surface area contributed by atoms with Crippen LogP contribution in [0.4, 0.5) is 0 Å². The van der Waals surface area contributed by atoms with Gasteiger partial charge in [-0.1, -0.05) is 17.7 Å². The molecule has 0 fully saturated rings. The van der Waals surface area contributed by atoms with E-state index in [4.69, 9.17) is 9.15 Å².